The van der Waals surface area contributed by atoms with Crippen molar-refractivity contribution in [1.29, 1.82) is 0 Å². The normalized spacial score (nSPS) is 11.6. The van der Waals surface area contributed by atoms with Gasteiger partial charge in [-0.15, -0.1) is 0 Å². The van der Waals surface area contributed by atoms with Crippen LogP contribution < -0.4 is 0 Å². The van der Waals surface area contributed by atoms with Crippen molar-refractivity contribution in [1.82, 2.24) is 0 Å². The summed E-state index contributed by atoms with van der Waals surface area (Å²) < 4.78 is 6.06. The van der Waals surface area contributed by atoms with Crippen LogP contribution >= 0.6 is 0 Å². The first-order chi connectivity index (χ1) is 8.66. The Bertz CT molecular complexity index is 726. The average Bonchev–Trinajstić information content (AvgIpc) is 2.37. The number of hydrogen-bond acceptors (Lipinski definition) is 0. The van der Waals surface area contributed by atoms with Crippen LogP contribution in [0.4, 0.5) is 0 Å². The molecular weight excluding hydrogens is 220 g/mol. The molecule has 1 nitrogen and oxygen atoms in total. The third-order valence-corrected chi connectivity index (χ3v) is 3.42. The fourth-order valence-electron chi connectivity index (χ4n) is 2.57. The molecule has 0 aliphatic carbocycles. The number of benzene rings is 2. The van der Waals surface area contributed by atoms with Crippen molar-refractivity contribution in [3.05, 3.63) is 53.8 Å². The van der Waals surface area contributed by atoms with Crippen LogP contribution in [-0.4, -0.2) is 0 Å². The van der Waals surface area contributed by atoms with E-state index >= 15 is 0 Å². The Balaban J connectivity index is 2.42. The van der Waals surface area contributed by atoms with E-state index in [4.69, 9.17) is 4.42 Å². The smallest absolute Gasteiger partial charge is 0.212 e. The second-order valence-electron chi connectivity index (χ2n) is 5.15. The van der Waals surface area contributed by atoms with E-state index in [-0.39, 0.29) is 0 Å². The summed E-state index contributed by atoms with van der Waals surface area (Å²) in [5.74, 6) is 1.50. The van der Waals surface area contributed by atoms with Gasteiger partial charge in [0.15, 0.2) is 0 Å². The molecular formula is C17H17O+. The third-order valence-electron chi connectivity index (χ3n) is 3.42. The van der Waals surface area contributed by atoms with Gasteiger partial charge >= 0.3 is 11.3 Å². The lowest BCUT2D eigenvalue weighted by Gasteiger charge is -2.02. The molecule has 3 rings (SSSR count). The molecule has 0 saturated heterocycles. The summed E-state index contributed by atoms with van der Waals surface area (Å²) in [5.41, 5.74) is 2.21. The van der Waals surface area contributed by atoms with Crippen molar-refractivity contribution in [2.45, 2.75) is 26.7 Å². The van der Waals surface area contributed by atoms with Gasteiger partial charge < -0.3 is 0 Å². The molecule has 0 saturated carbocycles. The molecule has 0 aliphatic rings. The van der Waals surface area contributed by atoms with E-state index in [0.717, 1.165) is 11.3 Å². The molecule has 0 aliphatic heterocycles. The molecule has 0 amide bonds. The van der Waals surface area contributed by atoms with Gasteiger partial charge in [0.2, 0.25) is 0 Å². The Kier molecular flexibility index (Phi) is 2.55. The molecule has 2 aromatic carbocycles. The van der Waals surface area contributed by atoms with Crippen LogP contribution in [0, 0.1) is 6.92 Å². The molecule has 0 radical (unpaired) electrons. The zero-order chi connectivity index (χ0) is 12.7. The van der Waals surface area contributed by atoms with Gasteiger partial charge in [0.05, 0.1) is 16.9 Å². The largest absolute Gasteiger partial charge is 0.360 e. The Labute approximate surface area is 107 Å². The monoisotopic (exact) mass is 237 g/mol. The molecule has 90 valence electrons. The van der Waals surface area contributed by atoms with Gasteiger partial charge in [0, 0.05) is 6.07 Å². The minimum absolute atomic E-state index is 0.417. The minimum atomic E-state index is 0.417. The van der Waals surface area contributed by atoms with Crippen molar-refractivity contribution in [3.8, 4) is 0 Å². The van der Waals surface area contributed by atoms with Crippen LogP contribution in [0.15, 0.2) is 46.9 Å². The fourth-order valence-corrected chi connectivity index (χ4v) is 2.57. The maximum atomic E-state index is 6.06. The van der Waals surface area contributed by atoms with E-state index in [9.17, 15) is 0 Å². The first-order valence-corrected chi connectivity index (χ1v) is 6.42. The van der Waals surface area contributed by atoms with E-state index in [2.05, 4.69) is 63.2 Å². The van der Waals surface area contributed by atoms with Crippen LogP contribution in [-0.2, 0) is 0 Å². The lowest BCUT2D eigenvalue weighted by molar-refractivity contribution is 0.505. The Morgan fingerprint density at radius 2 is 1.72 bits per heavy atom. The molecule has 0 atom stereocenters. The summed E-state index contributed by atoms with van der Waals surface area (Å²) in [6.07, 6.45) is 0. The molecule has 18 heavy (non-hydrogen) atoms. The van der Waals surface area contributed by atoms with Crippen LogP contribution in [0.3, 0.4) is 0 Å². The van der Waals surface area contributed by atoms with Gasteiger partial charge in [-0.05, 0) is 29.8 Å². The van der Waals surface area contributed by atoms with Gasteiger partial charge in [-0.25, -0.2) is 4.42 Å². The number of aryl methyl sites for hydroxylation is 1. The zero-order valence-corrected chi connectivity index (χ0v) is 11.0. The molecule has 1 heterocycles. The molecule has 3 aromatic rings. The number of rotatable bonds is 1. The highest BCUT2D eigenvalue weighted by Crippen LogP contribution is 2.30. The summed E-state index contributed by atoms with van der Waals surface area (Å²) in [6.45, 7) is 6.46. The van der Waals surface area contributed by atoms with E-state index in [0.29, 0.717) is 5.92 Å². The highest BCUT2D eigenvalue weighted by Gasteiger charge is 2.20. The predicted molar refractivity (Wildman–Crippen MR) is 77.0 cm³/mol. The highest BCUT2D eigenvalue weighted by atomic mass is 16.3. The van der Waals surface area contributed by atoms with Crippen LogP contribution in [0.1, 0.15) is 31.1 Å². The highest BCUT2D eigenvalue weighted by molar-refractivity contribution is 6.05. The topological polar surface area (TPSA) is 11.3 Å². The molecule has 0 bridgehead atoms. The van der Waals surface area contributed by atoms with Crippen LogP contribution in [0.2, 0.25) is 0 Å². The Morgan fingerprint density at radius 1 is 0.944 bits per heavy atom. The number of fused-ring (bicyclic) bond motifs is 3. The predicted octanol–water partition coefficient (Wildman–Crippen LogP) is 5.30. The molecule has 0 fully saturated rings. The summed E-state index contributed by atoms with van der Waals surface area (Å²) in [6, 6.07) is 14.9. The van der Waals surface area contributed by atoms with Gasteiger partial charge in [-0.1, -0.05) is 38.1 Å². The van der Waals surface area contributed by atoms with E-state index < -0.39 is 0 Å². The van der Waals surface area contributed by atoms with Crippen LogP contribution in [0.25, 0.3) is 21.7 Å². The Hall–Kier alpha value is -1.89. The fraction of sp³-hybridized carbons (Fsp3) is 0.235. The van der Waals surface area contributed by atoms with Crippen molar-refractivity contribution < 1.29 is 4.42 Å². The van der Waals surface area contributed by atoms with Gasteiger partial charge in [0.1, 0.15) is 0 Å². The maximum Gasteiger partial charge on any atom is 0.360 e. The number of hydrogen-bond donors (Lipinski definition) is 0. The van der Waals surface area contributed by atoms with Crippen molar-refractivity contribution >= 4 is 21.7 Å². The SMILES string of the molecule is Cc1cc2c(ccc3ccccc32)[o+]c1C(C)C. The molecule has 1 heteroatoms. The molecule has 0 spiro atoms. The standard InChI is InChI=1S/C17H17O/c1-11(2)17-12(3)10-15-14-7-5-4-6-13(14)8-9-16(15)18-17/h4-11H,1-3H3/q+1. The molecule has 1 aromatic heterocycles. The van der Waals surface area contributed by atoms with Gasteiger partial charge in [-0.3, -0.25) is 0 Å². The van der Waals surface area contributed by atoms with E-state index in [1.54, 1.807) is 0 Å². The first-order valence-electron chi connectivity index (χ1n) is 6.42. The molecule has 0 N–H and O–H groups in total. The van der Waals surface area contributed by atoms with E-state index in [1.165, 1.54) is 21.7 Å². The quantitative estimate of drug-likeness (QED) is 0.413. The van der Waals surface area contributed by atoms with Crippen LogP contribution in [0.5, 0.6) is 0 Å². The second kappa shape index (κ2) is 4.09. The summed E-state index contributed by atoms with van der Waals surface area (Å²) in [4.78, 5) is 0. The Morgan fingerprint density at radius 3 is 2.50 bits per heavy atom. The minimum Gasteiger partial charge on any atom is -0.212 e. The lowest BCUT2D eigenvalue weighted by Crippen LogP contribution is -1.92. The lowest BCUT2D eigenvalue weighted by atomic mass is 10.0. The third kappa shape index (κ3) is 1.67. The summed E-state index contributed by atoms with van der Waals surface area (Å²) in [7, 11) is 0. The summed E-state index contributed by atoms with van der Waals surface area (Å²) >= 11 is 0. The van der Waals surface area contributed by atoms with Crippen molar-refractivity contribution in [3.63, 3.8) is 0 Å². The van der Waals surface area contributed by atoms with E-state index in [1.807, 2.05) is 0 Å². The van der Waals surface area contributed by atoms with Gasteiger partial charge in [-0.2, -0.15) is 0 Å². The van der Waals surface area contributed by atoms with Gasteiger partial charge in [0.25, 0.3) is 0 Å². The zero-order valence-electron chi connectivity index (χ0n) is 11.0. The first kappa shape index (κ1) is 11.2. The average molecular weight is 237 g/mol. The second-order valence-corrected chi connectivity index (χ2v) is 5.15. The maximum absolute atomic E-state index is 6.06. The van der Waals surface area contributed by atoms with Crippen molar-refractivity contribution in [2.75, 3.05) is 0 Å². The molecule has 0 unspecified atom stereocenters. The summed E-state index contributed by atoms with van der Waals surface area (Å²) in [5, 5.41) is 3.73. The van der Waals surface area contributed by atoms with Crippen molar-refractivity contribution in [2.24, 2.45) is 0 Å².